The van der Waals surface area contributed by atoms with Crippen molar-refractivity contribution in [1.82, 2.24) is 0 Å². The van der Waals surface area contributed by atoms with E-state index in [0.29, 0.717) is 22.4 Å². The highest BCUT2D eigenvalue weighted by molar-refractivity contribution is 6.51. The molecule has 1 fully saturated rings. The number of rotatable bonds is 6. The van der Waals surface area contributed by atoms with Gasteiger partial charge in [0.2, 0.25) is 0 Å². The first-order valence-corrected chi connectivity index (χ1v) is 12.2. The summed E-state index contributed by atoms with van der Waals surface area (Å²) in [6.07, 6.45) is -4.94. The molecule has 1 unspecified atom stereocenters. The summed E-state index contributed by atoms with van der Waals surface area (Å²) in [6, 6.07) is 14.2. The number of amides is 1. The van der Waals surface area contributed by atoms with Crippen molar-refractivity contribution in [2.45, 2.75) is 46.0 Å². The monoisotopic (exact) mass is 539 g/mol. The minimum Gasteiger partial charge on any atom is -0.507 e. The number of aliphatic hydroxyl groups excluding tert-OH is 1. The van der Waals surface area contributed by atoms with E-state index in [2.05, 4.69) is 4.74 Å². The lowest BCUT2D eigenvalue weighted by molar-refractivity contribution is -0.274. The average Bonchev–Trinajstić information content (AvgIpc) is 3.12. The Bertz CT molecular complexity index is 1480. The van der Waals surface area contributed by atoms with E-state index in [4.69, 9.17) is 4.74 Å². The third kappa shape index (κ3) is 5.48. The van der Waals surface area contributed by atoms with Crippen LogP contribution in [0.2, 0.25) is 0 Å². The lowest BCUT2D eigenvalue weighted by Gasteiger charge is -2.26. The topological polar surface area (TPSA) is 76.1 Å². The molecule has 1 heterocycles. The maximum absolute atomic E-state index is 13.5. The third-order valence-electron chi connectivity index (χ3n) is 6.59. The molecule has 3 aromatic carbocycles. The number of carbonyl (C=O) groups excluding carboxylic acids is 2. The third-order valence-corrected chi connectivity index (χ3v) is 6.59. The number of benzene rings is 3. The molecule has 1 aliphatic heterocycles. The predicted molar refractivity (Wildman–Crippen MR) is 141 cm³/mol. The highest BCUT2D eigenvalue weighted by Gasteiger charge is 2.47. The lowest BCUT2D eigenvalue weighted by Crippen LogP contribution is -2.29. The number of aryl methyl sites for hydroxylation is 2. The van der Waals surface area contributed by atoms with Gasteiger partial charge in [-0.3, -0.25) is 14.5 Å². The minimum absolute atomic E-state index is 0.0127. The maximum Gasteiger partial charge on any atom is 0.573 e. The predicted octanol–water partition coefficient (Wildman–Crippen LogP) is 6.96. The van der Waals surface area contributed by atoms with E-state index in [-0.39, 0.29) is 22.9 Å². The first-order valence-electron chi connectivity index (χ1n) is 12.2. The molecule has 0 spiro atoms. The Kier molecular flexibility index (Phi) is 7.46. The van der Waals surface area contributed by atoms with Crippen LogP contribution in [0.5, 0.6) is 11.5 Å². The lowest BCUT2D eigenvalue weighted by atomic mass is 9.90. The van der Waals surface area contributed by atoms with Crippen LogP contribution in [-0.2, 0) is 9.59 Å². The molecule has 1 saturated heterocycles. The van der Waals surface area contributed by atoms with Gasteiger partial charge in [-0.25, -0.2) is 0 Å². The van der Waals surface area contributed by atoms with Gasteiger partial charge < -0.3 is 14.6 Å². The van der Waals surface area contributed by atoms with Gasteiger partial charge in [0.15, 0.2) is 0 Å². The van der Waals surface area contributed by atoms with Crippen molar-refractivity contribution >= 4 is 23.1 Å². The Morgan fingerprint density at radius 1 is 1.00 bits per heavy atom. The summed E-state index contributed by atoms with van der Waals surface area (Å²) in [6.45, 7) is 7.49. The zero-order valence-corrected chi connectivity index (χ0v) is 22.1. The molecular formula is C30H28F3NO5. The van der Waals surface area contributed by atoms with Gasteiger partial charge in [-0.05, 0) is 60.7 Å². The number of Topliss-reactive ketones (excluding diaryl/α,β-unsaturated/α-hetero) is 1. The van der Waals surface area contributed by atoms with Crippen molar-refractivity contribution in [2.75, 3.05) is 12.0 Å². The summed E-state index contributed by atoms with van der Waals surface area (Å²) in [5.74, 6) is -2.22. The van der Waals surface area contributed by atoms with Crippen LogP contribution < -0.4 is 14.4 Å². The number of aliphatic hydroxyl groups is 1. The van der Waals surface area contributed by atoms with Gasteiger partial charge in [0, 0.05) is 17.3 Å². The van der Waals surface area contributed by atoms with Crippen LogP contribution in [0.3, 0.4) is 0 Å². The smallest absolute Gasteiger partial charge is 0.507 e. The summed E-state index contributed by atoms with van der Waals surface area (Å²) >= 11 is 0. The van der Waals surface area contributed by atoms with E-state index in [1.165, 1.54) is 12.1 Å². The second-order valence-corrected chi connectivity index (χ2v) is 9.69. The van der Waals surface area contributed by atoms with Crippen LogP contribution in [0.4, 0.5) is 18.9 Å². The molecule has 1 aliphatic rings. The van der Waals surface area contributed by atoms with E-state index in [0.717, 1.165) is 28.2 Å². The van der Waals surface area contributed by atoms with Crippen molar-refractivity contribution in [3.05, 3.63) is 94.1 Å². The number of hydrogen-bond acceptors (Lipinski definition) is 5. The maximum atomic E-state index is 13.5. The van der Waals surface area contributed by atoms with Gasteiger partial charge in [0.05, 0.1) is 18.7 Å². The van der Waals surface area contributed by atoms with Gasteiger partial charge in [-0.2, -0.15) is 0 Å². The molecular weight excluding hydrogens is 511 g/mol. The summed E-state index contributed by atoms with van der Waals surface area (Å²) in [5.41, 5.74) is 2.94. The molecule has 0 bridgehead atoms. The number of nitrogens with zero attached hydrogens (tertiary/aromatic N) is 1. The largest absolute Gasteiger partial charge is 0.573 e. The SMILES string of the molecule is COc1cc(C)c(/C(O)=C2\C(=O)C(=O)N(c3cccc(OC(F)(F)F)c3)C2c2cccc(C)c2)cc1C(C)C. The van der Waals surface area contributed by atoms with E-state index in [1.807, 2.05) is 26.8 Å². The summed E-state index contributed by atoms with van der Waals surface area (Å²) < 4.78 is 48.3. The zero-order valence-electron chi connectivity index (χ0n) is 22.1. The number of carbonyl (C=O) groups is 2. The molecule has 6 nitrogen and oxygen atoms in total. The van der Waals surface area contributed by atoms with E-state index < -0.39 is 29.8 Å². The van der Waals surface area contributed by atoms with Crippen molar-refractivity contribution in [2.24, 2.45) is 0 Å². The van der Waals surface area contributed by atoms with Gasteiger partial charge >= 0.3 is 6.36 Å². The fraction of sp³-hybridized carbons (Fsp3) is 0.267. The van der Waals surface area contributed by atoms with E-state index in [9.17, 15) is 27.9 Å². The van der Waals surface area contributed by atoms with Gasteiger partial charge in [0.1, 0.15) is 17.3 Å². The van der Waals surface area contributed by atoms with E-state index in [1.54, 1.807) is 44.4 Å². The zero-order chi connectivity index (χ0) is 28.6. The molecule has 204 valence electrons. The van der Waals surface area contributed by atoms with Crippen molar-refractivity contribution in [3.63, 3.8) is 0 Å². The normalized spacial score (nSPS) is 17.2. The van der Waals surface area contributed by atoms with E-state index >= 15 is 0 Å². The number of anilines is 1. The fourth-order valence-electron chi connectivity index (χ4n) is 4.81. The second-order valence-electron chi connectivity index (χ2n) is 9.69. The molecule has 1 atom stereocenters. The highest BCUT2D eigenvalue weighted by atomic mass is 19.4. The first kappa shape index (κ1) is 27.8. The average molecular weight is 540 g/mol. The standard InChI is InChI=1S/C30H28F3NO5/c1-16(2)22-15-23(18(4)13-24(22)38-5)27(35)25-26(19-9-6-8-17(3)12-19)34(29(37)28(25)36)20-10-7-11-21(14-20)39-30(31,32)33/h6-16,26,35H,1-5H3/b27-25+. The van der Waals surface area contributed by atoms with Crippen LogP contribution in [0.15, 0.2) is 66.2 Å². The molecule has 1 amide bonds. The van der Waals surface area contributed by atoms with Crippen LogP contribution >= 0.6 is 0 Å². The Labute approximate surface area is 224 Å². The van der Waals surface area contributed by atoms with Crippen LogP contribution in [0, 0.1) is 13.8 Å². The molecule has 0 aliphatic carbocycles. The molecule has 1 N–H and O–H groups in total. The molecule has 0 aromatic heterocycles. The number of alkyl halides is 3. The molecule has 4 rings (SSSR count). The summed E-state index contributed by atoms with van der Waals surface area (Å²) in [4.78, 5) is 28.0. The van der Waals surface area contributed by atoms with Crippen molar-refractivity contribution in [3.8, 4) is 11.5 Å². The molecule has 0 radical (unpaired) electrons. The molecule has 39 heavy (non-hydrogen) atoms. The molecule has 9 heteroatoms. The van der Waals surface area contributed by atoms with Gasteiger partial charge in [-0.1, -0.05) is 49.7 Å². The number of ketones is 1. The van der Waals surface area contributed by atoms with Gasteiger partial charge in [0.25, 0.3) is 11.7 Å². The highest BCUT2D eigenvalue weighted by Crippen LogP contribution is 2.44. The summed E-state index contributed by atoms with van der Waals surface area (Å²) in [5, 5.41) is 11.6. The quantitative estimate of drug-likeness (QED) is 0.208. The Morgan fingerprint density at radius 2 is 1.69 bits per heavy atom. The second kappa shape index (κ2) is 10.5. The molecule has 3 aromatic rings. The first-order chi connectivity index (χ1) is 18.3. The van der Waals surface area contributed by atoms with Crippen LogP contribution in [-0.4, -0.2) is 30.3 Å². The van der Waals surface area contributed by atoms with Crippen LogP contribution in [0.25, 0.3) is 5.76 Å². The minimum atomic E-state index is -4.94. The number of hydrogen-bond donors (Lipinski definition) is 1. The van der Waals surface area contributed by atoms with Crippen molar-refractivity contribution < 1.29 is 37.3 Å². The Balaban J connectivity index is 1.96. The number of ether oxygens (including phenoxy) is 2. The van der Waals surface area contributed by atoms with Gasteiger partial charge in [-0.15, -0.1) is 13.2 Å². The van der Waals surface area contributed by atoms with Crippen LogP contribution in [0.1, 0.15) is 53.6 Å². The van der Waals surface area contributed by atoms with Crippen molar-refractivity contribution in [1.29, 1.82) is 0 Å². The number of methoxy groups -OCH3 is 1. The molecule has 0 saturated carbocycles. The summed E-state index contributed by atoms with van der Waals surface area (Å²) in [7, 11) is 1.54. The fourth-order valence-corrected chi connectivity index (χ4v) is 4.81. The Hall–Kier alpha value is -4.27. The Morgan fingerprint density at radius 3 is 2.31 bits per heavy atom. The number of halogens is 3.